The largest absolute Gasteiger partial charge is 0.408 e. The summed E-state index contributed by atoms with van der Waals surface area (Å²) in [6, 6.07) is -2.10. The summed E-state index contributed by atoms with van der Waals surface area (Å²) in [5, 5.41) is 17.7. The lowest BCUT2D eigenvalue weighted by Gasteiger charge is -2.28. The number of halogens is 3. The van der Waals surface area contributed by atoms with Gasteiger partial charge in [-0.25, -0.2) is 0 Å². The molecule has 0 saturated carbocycles. The van der Waals surface area contributed by atoms with Crippen LogP contribution < -0.4 is 5.32 Å². The molecule has 21 heavy (non-hydrogen) atoms. The molecule has 7 nitrogen and oxygen atoms in total. The number of rotatable bonds is 4. The van der Waals surface area contributed by atoms with Crippen LogP contribution in [0.25, 0.3) is 0 Å². The van der Waals surface area contributed by atoms with Crippen LogP contribution in [0.1, 0.15) is 37.7 Å². The summed E-state index contributed by atoms with van der Waals surface area (Å²) in [5.41, 5.74) is -1.97. The molecule has 0 aliphatic heterocycles. The van der Waals surface area contributed by atoms with Crippen molar-refractivity contribution in [1.29, 1.82) is 0 Å². The third-order valence-corrected chi connectivity index (χ3v) is 2.56. The van der Waals surface area contributed by atoms with Crippen molar-refractivity contribution < 1.29 is 22.9 Å². The van der Waals surface area contributed by atoms with Crippen molar-refractivity contribution in [1.82, 2.24) is 15.5 Å². The zero-order valence-electron chi connectivity index (χ0n) is 11.6. The molecule has 0 aliphatic rings. The predicted octanol–water partition coefficient (Wildman–Crippen LogP) is 2.41. The van der Waals surface area contributed by atoms with Gasteiger partial charge in [-0.2, -0.15) is 18.3 Å². The molecular formula is C11H15F3N4O3. The van der Waals surface area contributed by atoms with Gasteiger partial charge in [-0.15, -0.1) is 0 Å². The molecule has 0 radical (unpaired) electrons. The topological polar surface area (TPSA) is 101 Å². The Bertz CT molecular complexity index is 534. The monoisotopic (exact) mass is 308 g/mol. The quantitative estimate of drug-likeness (QED) is 0.658. The van der Waals surface area contributed by atoms with Gasteiger partial charge in [0.25, 0.3) is 5.91 Å². The summed E-state index contributed by atoms with van der Waals surface area (Å²) in [5.74, 6) is -1.22. The van der Waals surface area contributed by atoms with Gasteiger partial charge >= 0.3 is 11.9 Å². The number of nitrogens with one attached hydrogen (secondary N) is 2. The molecule has 2 N–H and O–H groups in total. The van der Waals surface area contributed by atoms with Crippen LogP contribution in [0.2, 0.25) is 0 Å². The first kappa shape index (κ1) is 16.9. The zero-order valence-corrected chi connectivity index (χ0v) is 11.6. The molecule has 1 unspecified atom stereocenters. The smallest absolute Gasteiger partial charge is 0.339 e. The molecular weight excluding hydrogens is 293 g/mol. The number of alkyl halides is 3. The predicted molar refractivity (Wildman–Crippen MR) is 66.6 cm³/mol. The van der Waals surface area contributed by atoms with Crippen LogP contribution >= 0.6 is 0 Å². The molecule has 1 heterocycles. The van der Waals surface area contributed by atoms with Crippen molar-refractivity contribution in [3.63, 3.8) is 0 Å². The van der Waals surface area contributed by atoms with E-state index in [4.69, 9.17) is 0 Å². The van der Waals surface area contributed by atoms with E-state index in [1.54, 1.807) is 26.1 Å². The SMILES string of the molecule is CC(C)(C)CC(NC(=O)c1[nH]ncc1[N+](=O)[O-])C(F)(F)F. The molecule has 0 saturated heterocycles. The highest BCUT2D eigenvalue weighted by Gasteiger charge is 2.43. The molecule has 0 spiro atoms. The van der Waals surface area contributed by atoms with Crippen LogP contribution in [0.4, 0.5) is 18.9 Å². The van der Waals surface area contributed by atoms with E-state index in [1.807, 2.05) is 5.10 Å². The van der Waals surface area contributed by atoms with E-state index in [9.17, 15) is 28.1 Å². The van der Waals surface area contributed by atoms with E-state index in [0.717, 1.165) is 6.20 Å². The molecule has 1 amide bonds. The fourth-order valence-electron chi connectivity index (χ4n) is 1.68. The fourth-order valence-corrected chi connectivity index (χ4v) is 1.68. The molecule has 1 aromatic heterocycles. The van der Waals surface area contributed by atoms with E-state index in [0.29, 0.717) is 0 Å². The standard InChI is InChI=1S/C11H15F3N4O3/c1-10(2,3)4-7(11(12,13)14)16-9(19)8-6(18(20)21)5-15-17-8/h5,7H,4H2,1-3H3,(H,15,17)(H,16,19). The molecule has 10 heteroatoms. The molecule has 118 valence electrons. The van der Waals surface area contributed by atoms with E-state index in [1.165, 1.54) is 0 Å². The Morgan fingerprint density at radius 3 is 2.48 bits per heavy atom. The summed E-state index contributed by atoms with van der Waals surface area (Å²) in [7, 11) is 0. The number of amides is 1. The summed E-state index contributed by atoms with van der Waals surface area (Å²) in [4.78, 5) is 21.5. The second kappa shape index (κ2) is 5.70. The second-order valence-corrected chi connectivity index (χ2v) is 5.72. The zero-order chi connectivity index (χ0) is 16.4. The number of H-pyrrole nitrogens is 1. The molecule has 1 aromatic rings. The summed E-state index contributed by atoms with van der Waals surface area (Å²) >= 11 is 0. The number of nitrogens with zero attached hydrogens (tertiary/aromatic N) is 2. The van der Waals surface area contributed by atoms with E-state index >= 15 is 0 Å². The van der Waals surface area contributed by atoms with Crippen molar-refractivity contribution in [3.8, 4) is 0 Å². The highest BCUT2D eigenvalue weighted by molar-refractivity contribution is 5.96. The summed E-state index contributed by atoms with van der Waals surface area (Å²) in [6.07, 6.45) is -4.25. The summed E-state index contributed by atoms with van der Waals surface area (Å²) in [6.45, 7) is 4.78. The number of carbonyl (C=O) groups is 1. The highest BCUT2D eigenvalue weighted by Crippen LogP contribution is 2.31. The first-order valence-electron chi connectivity index (χ1n) is 5.97. The van der Waals surface area contributed by atoms with Gasteiger partial charge in [0.05, 0.1) is 4.92 Å². The lowest BCUT2D eigenvalue weighted by molar-refractivity contribution is -0.385. The highest BCUT2D eigenvalue weighted by atomic mass is 19.4. The lowest BCUT2D eigenvalue weighted by Crippen LogP contribution is -2.47. The van der Waals surface area contributed by atoms with Crippen molar-refractivity contribution in [3.05, 3.63) is 22.0 Å². The number of aromatic nitrogens is 2. The number of hydrogen-bond acceptors (Lipinski definition) is 4. The molecule has 1 rings (SSSR count). The first-order chi connectivity index (χ1) is 9.42. The lowest BCUT2D eigenvalue weighted by atomic mass is 9.88. The van der Waals surface area contributed by atoms with E-state index in [-0.39, 0.29) is 6.42 Å². The van der Waals surface area contributed by atoms with Crippen LogP contribution in [0.15, 0.2) is 6.20 Å². The van der Waals surface area contributed by atoms with E-state index in [2.05, 4.69) is 5.10 Å². The van der Waals surface area contributed by atoms with Gasteiger partial charge in [0.2, 0.25) is 5.69 Å². The second-order valence-electron chi connectivity index (χ2n) is 5.72. The van der Waals surface area contributed by atoms with Crippen molar-refractivity contribution >= 4 is 11.6 Å². The Morgan fingerprint density at radius 2 is 2.05 bits per heavy atom. The van der Waals surface area contributed by atoms with Gasteiger partial charge in [-0.3, -0.25) is 20.0 Å². The Kier molecular flexibility index (Phi) is 4.59. The Balaban J connectivity index is 2.96. The molecule has 0 fully saturated rings. The molecule has 0 aliphatic carbocycles. The number of hydrogen-bond donors (Lipinski definition) is 2. The van der Waals surface area contributed by atoms with Crippen molar-refractivity contribution in [2.45, 2.75) is 39.4 Å². The van der Waals surface area contributed by atoms with Crippen LogP contribution in [0.3, 0.4) is 0 Å². The van der Waals surface area contributed by atoms with Crippen LogP contribution in [0, 0.1) is 15.5 Å². The van der Waals surface area contributed by atoms with Crippen LogP contribution in [-0.4, -0.2) is 33.2 Å². The maximum Gasteiger partial charge on any atom is 0.408 e. The van der Waals surface area contributed by atoms with Crippen LogP contribution in [0.5, 0.6) is 0 Å². The van der Waals surface area contributed by atoms with Gasteiger partial charge in [-0.1, -0.05) is 20.8 Å². The van der Waals surface area contributed by atoms with Gasteiger partial charge in [0, 0.05) is 0 Å². The third kappa shape index (κ3) is 4.72. The molecule has 0 bridgehead atoms. The number of aromatic amines is 1. The minimum atomic E-state index is -4.66. The van der Waals surface area contributed by atoms with Gasteiger partial charge in [-0.05, 0) is 11.8 Å². The Morgan fingerprint density at radius 1 is 1.48 bits per heavy atom. The van der Waals surface area contributed by atoms with E-state index < -0.39 is 39.8 Å². The fraction of sp³-hybridized carbons (Fsp3) is 0.636. The normalized spacial score (nSPS) is 13.8. The maximum atomic E-state index is 12.9. The van der Waals surface area contributed by atoms with Gasteiger partial charge in [0.15, 0.2) is 0 Å². The molecule has 0 aromatic carbocycles. The van der Waals surface area contributed by atoms with Crippen molar-refractivity contribution in [2.24, 2.45) is 5.41 Å². The van der Waals surface area contributed by atoms with Gasteiger partial charge < -0.3 is 5.32 Å². The maximum absolute atomic E-state index is 12.9. The average Bonchev–Trinajstić information content (AvgIpc) is 2.73. The van der Waals surface area contributed by atoms with Gasteiger partial charge in [0.1, 0.15) is 12.2 Å². The van der Waals surface area contributed by atoms with Crippen LogP contribution in [-0.2, 0) is 0 Å². The Labute approximate surface area is 118 Å². The average molecular weight is 308 g/mol. The molecule has 1 atom stereocenters. The number of carbonyl (C=O) groups excluding carboxylic acids is 1. The Hall–Kier alpha value is -2.13. The summed E-state index contributed by atoms with van der Waals surface area (Å²) < 4.78 is 38.8. The minimum Gasteiger partial charge on any atom is -0.339 e. The van der Waals surface area contributed by atoms with Crippen molar-refractivity contribution in [2.75, 3.05) is 0 Å². The third-order valence-electron chi connectivity index (χ3n) is 2.56. The minimum absolute atomic E-state index is 0.357. The number of nitro groups is 1. The first-order valence-corrected chi connectivity index (χ1v) is 5.97.